The van der Waals surface area contributed by atoms with Gasteiger partial charge in [0.15, 0.2) is 0 Å². The van der Waals surface area contributed by atoms with Crippen LogP contribution in [0.5, 0.6) is 0 Å². The van der Waals surface area contributed by atoms with Crippen molar-refractivity contribution in [3.05, 3.63) is 95.8 Å². The van der Waals surface area contributed by atoms with Crippen LogP contribution in [-0.4, -0.2) is 9.55 Å². The number of nitrogens with zero attached hydrogens (tertiary/aromatic N) is 3. The molecule has 0 N–H and O–H groups in total. The van der Waals surface area contributed by atoms with Gasteiger partial charge in [0.1, 0.15) is 0 Å². The zero-order valence-electron chi connectivity index (χ0n) is 18.8. The minimum absolute atomic E-state index is 0.0796. The zero-order chi connectivity index (χ0) is 22.5. The molecule has 5 aromatic rings. The number of nitriles is 1. The summed E-state index contributed by atoms with van der Waals surface area (Å²) < 4.78 is 2.33. The van der Waals surface area contributed by atoms with Gasteiger partial charge in [-0.25, -0.2) is 0 Å². The zero-order valence-corrected chi connectivity index (χ0v) is 18.8. The van der Waals surface area contributed by atoms with Crippen LogP contribution in [0.25, 0.3) is 38.6 Å². The van der Waals surface area contributed by atoms with Crippen molar-refractivity contribution in [2.45, 2.75) is 33.1 Å². The molecule has 0 unspecified atom stereocenters. The summed E-state index contributed by atoms with van der Waals surface area (Å²) >= 11 is 0. The van der Waals surface area contributed by atoms with E-state index < -0.39 is 0 Å². The van der Waals surface area contributed by atoms with Crippen molar-refractivity contribution in [2.75, 3.05) is 0 Å². The van der Waals surface area contributed by atoms with Gasteiger partial charge in [-0.15, -0.1) is 0 Å². The van der Waals surface area contributed by atoms with Gasteiger partial charge in [0.2, 0.25) is 0 Å². The molecule has 156 valence electrons. The van der Waals surface area contributed by atoms with Crippen LogP contribution in [0.4, 0.5) is 0 Å². The summed E-state index contributed by atoms with van der Waals surface area (Å²) in [4.78, 5) is 4.14. The second kappa shape index (κ2) is 7.35. The third-order valence-corrected chi connectivity index (χ3v) is 6.23. The fraction of sp³-hybridized carbons (Fsp3) is 0.172. The molecule has 0 atom stereocenters. The van der Waals surface area contributed by atoms with Gasteiger partial charge in [-0.2, -0.15) is 5.26 Å². The average molecular weight is 416 g/mol. The third kappa shape index (κ3) is 3.16. The highest BCUT2D eigenvalue weighted by Gasteiger charge is 2.19. The second-order valence-corrected chi connectivity index (χ2v) is 9.37. The van der Waals surface area contributed by atoms with Gasteiger partial charge in [-0.1, -0.05) is 45.0 Å². The number of hydrogen-bond donors (Lipinski definition) is 0. The predicted octanol–water partition coefficient (Wildman–Crippen LogP) is 7.32. The Morgan fingerprint density at radius 2 is 1.56 bits per heavy atom. The molecule has 3 nitrogen and oxygen atoms in total. The van der Waals surface area contributed by atoms with E-state index in [1.807, 2.05) is 18.2 Å². The van der Waals surface area contributed by atoms with Gasteiger partial charge in [0.05, 0.1) is 22.7 Å². The summed E-state index contributed by atoms with van der Waals surface area (Å²) in [6.45, 7) is 8.83. The standard InChI is InChI=1S/C29H25N3/c1-19-15-21(18-30)24(20-11-13-31-14-12-20)17-28(19)32-26-8-6-5-7-23(26)25-16-22(29(2,3)4)9-10-27(25)32/h5-17H,1-4H3. The second-order valence-electron chi connectivity index (χ2n) is 9.37. The molecule has 0 aliphatic carbocycles. The van der Waals surface area contributed by atoms with Gasteiger partial charge in [0.25, 0.3) is 0 Å². The number of para-hydroxylation sites is 1. The smallest absolute Gasteiger partial charge is 0.0998 e. The lowest BCUT2D eigenvalue weighted by Crippen LogP contribution is -2.10. The summed E-state index contributed by atoms with van der Waals surface area (Å²) in [5, 5.41) is 12.3. The Balaban J connectivity index is 1.86. The first kappa shape index (κ1) is 20.0. The van der Waals surface area contributed by atoms with Crippen molar-refractivity contribution in [1.29, 1.82) is 5.26 Å². The summed E-state index contributed by atoms with van der Waals surface area (Å²) in [5.41, 5.74) is 8.50. The van der Waals surface area contributed by atoms with Crippen LogP contribution in [0.3, 0.4) is 0 Å². The largest absolute Gasteiger partial charge is 0.309 e. The molecule has 0 saturated heterocycles. The van der Waals surface area contributed by atoms with E-state index in [-0.39, 0.29) is 5.41 Å². The van der Waals surface area contributed by atoms with Crippen molar-refractivity contribution in [2.24, 2.45) is 0 Å². The fourth-order valence-electron chi connectivity index (χ4n) is 4.50. The Labute approximate surface area is 188 Å². The van der Waals surface area contributed by atoms with Gasteiger partial charge in [-0.05, 0) is 71.5 Å². The van der Waals surface area contributed by atoms with E-state index in [4.69, 9.17) is 0 Å². The van der Waals surface area contributed by atoms with Crippen molar-refractivity contribution >= 4 is 21.8 Å². The number of fused-ring (bicyclic) bond motifs is 3. The summed E-state index contributed by atoms with van der Waals surface area (Å²) in [7, 11) is 0. The first-order valence-corrected chi connectivity index (χ1v) is 10.9. The van der Waals surface area contributed by atoms with E-state index in [1.165, 1.54) is 27.4 Å². The molecule has 0 saturated carbocycles. The third-order valence-electron chi connectivity index (χ3n) is 6.23. The van der Waals surface area contributed by atoms with Gasteiger partial charge in [-0.3, -0.25) is 4.98 Å². The van der Waals surface area contributed by atoms with E-state index >= 15 is 0 Å². The Morgan fingerprint density at radius 1 is 0.844 bits per heavy atom. The van der Waals surface area contributed by atoms with E-state index in [0.29, 0.717) is 5.56 Å². The van der Waals surface area contributed by atoms with E-state index in [2.05, 4.69) is 91.8 Å². The van der Waals surface area contributed by atoms with Crippen LogP contribution < -0.4 is 0 Å². The molecule has 0 radical (unpaired) electrons. The quantitative estimate of drug-likeness (QED) is 0.303. The van der Waals surface area contributed by atoms with E-state index in [1.54, 1.807) is 12.4 Å². The number of aryl methyl sites for hydroxylation is 1. The van der Waals surface area contributed by atoms with Crippen molar-refractivity contribution in [3.63, 3.8) is 0 Å². The molecule has 2 heterocycles. The molecule has 0 aliphatic heterocycles. The Bertz CT molecular complexity index is 1510. The minimum atomic E-state index is 0.0796. The molecule has 0 bridgehead atoms. The van der Waals surface area contributed by atoms with Crippen LogP contribution in [0.2, 0.25) is 0 Å². The highest BCUT2D eigenvalue weighted by Crippen LogP contribution is 2.37. The van der Waals surface area contributed by atoms with Crippen LogP contribution in [0.15, 0.2) is 79.1 Å². The molecule has 32 heavy (non-hydrogen) atoms. The monoisotopic (exact) mass is 415 g/mol. The van der Waals surface area contributed by atoms with Gasteiger partial charge >= 0.3 is 0 Å². The first-order valence-electron chi connectivity index (χ1n) is 10.9. The molecule has 0 aliphatic rings. The Morgan fingerprint density at radius 3 is 2.28 bits per heavy atom. The van der Waals surface area contributed by atoms with Crippen molar-refractivity contribution in [3.8, 4) is 22.9 Å². The lowest BCUT2D eigenvalue weighted by Gasteiger charge is -2.19. The first-order chi connectivity index (χ1) is 15.4. The Hall–Kier alpha value is -3.90. The number of benzene rings is 3. The maximum absolute atomic E-state index is 9.80. The fourth-order valence-corrected chi connectivity index (χ4v) is 4.50. The van der Waals surface area contributed by atoms with Crippen LogP contribution >= 0.6 is 0 Å². The Kier molecular flexibility index (Phi) is 4.60. The van der Waals surface area contributed by atoms with Crippen molar-refractivity contribution < 1.29 is 0 Å². The van der Waals surface area contributed by atoms with Crippen molar-refractivity contribution in [1.82, 2.24) is 9.55 Å². The lowest BCUT2D eigenvalue weighted by molar-refractivity contribution is 0.591. The normalized spacial score (nSPS) is 11.7. The van der Waals surface area contributed by atoms with E-state index in [0.717, 1.165) is 22.4 Å². The van der Waals surface area contributed by atoms with Gasteiger partial charge < -0.3 is 4.57 Å². The SMILES string of the molecule is Cc1cc(C#N)c(-c2ccncc2)cc1-n1c2ccccc2c2cc(C(C)(C)C)ccc21. The molecule has 0 spiro atoms. The molecule has 0 amide bonds. The van der Waals surface area contributed by atoms with Crippen LogP contribution in [0.1, 0.15) is 37.5 Å². The molecule has 5 rings (SSSR count). The summed E-state index contributed by atoms with van der Waals surface area (Å²) in [5.74, 6) is 0. The number of hydrogen-bond acceptors (Lipinski definition) is 2. The molecule has 0 fully saturated rings. The summed E-state index contributed by atoms with van der Waals surface area (Å²) in [6, 6.07) is 25.8. The molecular formula is C29H25N3. The average Bonchev–Trinajstić information content (AvgIpc) is 3.12. The highest BCUT2D eigenvalue weighted by molar-refractivity contribution is 6.09. The van der Waals surface area contributed by atoms with Gasteiger partial charge in [0, 0.05) is 34.4 Å². The van der Waals surface area contributed by atoms with Crippen LogP contribution in [0, 0.1) is 18.3 Å². The minimum Gasteiger partial charge on any atom is -0.309 e. The maximum Gasteiger partial charge on any atom is 0.0998 e. The van der Waals surface area contributed by atoms with Crippen LogP contribution in [-0.2, 0) is 5.41 Å². The molecular weight excluding hydrogens is 390 g/mol. The lowest BCUT2D eigenvalue weighted by atomic mass is 9.86. The number of rotatable bonds is 2. The predicted molar refractivity (Wildman–Crippen MR) is 132 cm³/mol. The number of aromatic nitrogens is 2. The molecule has 3 aromatic carbocycles. The summed E-state index contributed by atoms with van der Waals surface area (Å²) in [6.07, 6.45) is 3.54. The van der Waals surface area contributed by atoms with E-state index in [9.17, 15) is 5.26 Å². The maximum atomic E-state index is 9.80. The molecule has 2 aromatic heterocycles. The highest BCUT2D eigenvalue weighted by atomic mass is 15.0. The number of pyridine rings is 1. The topological polar surface area (TPSA) is 41.6 Å². The molecule has 3 heteroatoms.